The highest BCUT2D eigenvalue weighted by Crippen LogP contribution is 2.45. The van der Waals surface area contributed by atoms with Crippen molar-refractivity contribution in [3.8, 4) is 0 Å². The van der Waals surface area contributed by atoms with Gasteiger partial charge in [0, 0.05) is 9.75 Å². The van der Waals surface area contributed by atoms with Crippen LogP contribution in [0.4, 0.5) is 0 Å². The number of thiophene rings is 1. The van der Waals surface area contributed by atoms with E-state index in [0.29, 0.717) is 12.5 Å². The second kappa shape index (κ2) is 4.88. The first-order valence-electron chi connectivity index (χ1n) is 7.22. The molecule has 2 heterocycles. The van der Waals surface area contributed by atoms with Crippen LogP contribution in [0.25, 0.3) is 0 Å². The van der Waals surface area contributed by atoms with Crippen molar-refractivity contribution in [2.45, 2.75) is 45.2 Å². The molecule has 20 heavy (non-hydrogen) atoms. The SMILES string of the molecule is CCc1ccc(CN2C(=O)CNC(=O)C2(C)C2CC2)s1. The third kappa shape index (κ3) is 2.14. The number of aryl methyl sites for hydroxylation is 1. The van der Waals surface area contributed by atoms with Crippen LogP contribution in [0, 0.1) is 5.92 Å². The molecule has 1 N–H and O–H groups in total. The fourth-order valence-corrected chi connectivity index (χ4v) is 3.92. The molecule has 1 aromatic rings. The standard InChI is InChI=1S/C15H20N2O2S/c1-3-11-6-7-12(20-11)9-17-13(18)8-16-14(19)15(17,2)10-4-5-10/h6-7,10H,3-5,8-9H2,1-2H3,(H,16,19). The summed E-state index contributed by atoms with van der Waals surface area (Å²) < 4.78 is 0. The Balaban J connectivity index is 1.87. The molecule has 1 saturated carbocycles. The highest BCUT2D eigenvalue weighted by atomic mass is 32.1. The summed E-state index contributed by atoms with van der Waals surface area (Å²) in [5.41, 5.74) is -0.661. The lowest BCUT2D eigenvalue weighted by atomic mass is 9.90. The Bertz CT molecular complexity index is 550. The Morgan fingerprint density at radius 3 is 2.65 bits per heavy atom. The van der Waals surface area contributed by atoms with Crippen molar-refractivity contribution in [3.05, 3.63) is 21.9 Å². The third-order valence-electron chi connectivity index (χ3n) is 4.47. The summed E-state index contributed by atoms with van der Waals surface area (Å²) in [5, 5.41) is 2.75. The predicted molar refractivity (Wildman–Crippen MR) is 78.4 cm³/mol. The fraction of sp³-hybridized carbons (Fsp3) is 0.600. The van der Waals surface area contributed by atoms with Crippen molar-refractivity contribution >= 4 is 23.2 Å². The molecule has 108 valence electrons. The molecule has 2 aliphatic rings. The molecule has 5 heteroatoms. The monoisotopic (exact) mass is 292 g/mol. The topological polar surface area (TPSA) is 49.4 Å². The molecule has 0 aromatic carbocycles. The van der Waals surface area contributed by atoms with Crippen LogP contribution in [0.3, 0.4) is 0 Å². The maximum absolute atomic E-state index is 12.3. The Morgan fingerprint density at radius 2 is 2.05 bits per heavy atom. The van der Waals surface area contributed by atoms with Gasteiger partial charge in [-0.2, -0.15) is 0 Å². The van der Waals surface area contributed by atoms with Gasteiger partial charge < -0.3 is 10.2 Å². The van der Waals surface area contributed by atoms with E-state index < -0.39 is 5.54 Å². The van der Waals surface area contributed by atoms with Crippen molar-refractivity contribution in [1.82, 2.24) is 10.2 Å². The van der Waals surface area contributed by atoms with Crippen molar-refractivity contribution in [3.63, 3.8) is 0 Å². The zero-order chi connectivity index (χ0) is 14.3. The van der Waals surface area contributed by atoms with Gasteiger partial charge >= 0.3 is 0 Å². The molecule has 1 aliphatic heterocycles. The highest BCUT2D eigenvalue weighted by Gasteiger charge is 2.54. The number of amides is 2. The summed E-state index contributed by atoms with van der Waals surface area (Å²) in [4.78, 5) is 28.9. The molecule has 0 radical (unpaired) electrons. The number of carbonyl (C=O) groups excluding carboxylic acids is 2. The molecule has 0 bridgehead atoms. The quantitative estimate of drug-likeness (QED) is 0.922. The molecule has 0 spiro atoms. The smallest absolute Gasteiger partial charge is 0.246 e. The van der Waals surface area contributed by atoms with Gasteiger partial charge in [-0.3, -0.25) is 9.59 Å². The van der Waals surface area contributed by atoms with Gasteiger partial charge in [0.05, 0.1) is 13.1 Å². The van der Waals surface area contributed by atoms with E-state index in [9.17, 15) is 9.59 Å². The first kappa shape index (κ1) is 13.6. The van der Waals surface area contributed by atoms with Gasteiger partial charge in [-0.15, -0.1) is 11.3 Å². The molecule has 1 aromatic heterocycles. The van der Waals surface area contributed by atoms with Gasteiger partial charge in [-0.25, -0.2) is 0 Å². The minimum Gasteiger partial charge on any atom is -0.345 e. The van der Waals surface area contributed by atoms with E-state index in [0.717, 1.165) is 24.1 Å². The molecule has 3 rings (SSSR count). The van der Waals surface area contributed by atoms with Crippen molar-refractivity contribution in [2.75, 3.05) is 6.54 Å². The molecule has 4 nitrogen and oxygen atoms in total. The largest absolute Gasteiger partial charge is 0.345 e. The van der Waals surface area contributed by atoms with Gasteiger partial charge in [0.25, 0.3) is 0 Å². The van der Waals surface area contributed by atoms with Gasteiger partial charge in [-0.1, -0.05) is 6.92 Å². The van der Waals surface area contributed by atoms with Crippen LogP contribution in [-0.2, 0) is 22.6 Å². The Kier molecular flexibility index (Phi) is 3.32. The van der Waals surface area contributed by atoms with Gasteiger partial charge in [0.1, 0.15) is 5.54 Å². The summed E-state index contributed by atoms with van der Waals surface area (Å²) in [5.74, 6) is 0.356. The first-order chi connectivity index (χ1) is 9.55. The van der Waals surface area contributed by atoms with Crippen molar-refractivity contribution in [1.29, 1.82) is 0 Å². The minimum atomic E-state index is -0.661. The zero-order valence-corrected chi connectivity index (χ0v) is 12.8. The lowest BCUT2D eigenvalue weighted by Gasteiger charge is -2.43. The van der Waals surface area contributed by atoms with Gasteiger partial charge in [0.15, 0.2) is 0 Å². The highest BCUT2D eigenvalue weighted by molar-refractivity contribution is 7.11. The molecular formula is C15H20N2O2S. The van der Waals surface area contributed by atoms with Gasteiger partial charge in [-0.05, 0) is 44.2 Å². The van der Waals surface area contributed by atoms with Gasteiger partial charge in [0.2, 0.25) is 11.8 Å². The maximum Gasteiger partial charge on any atom is 0.246 e. The summed E-state index contributed by atoms with van der Waals surface area (Å²) in [6.45, 7) is 4.74. The van der Waals surface area contributed by atoms with Crippen LogP contribution in [0.5, 0.6) is 0 Å². The first-order valence-corrected chi connectivity index (χ1v) is 8.03. The molecule has 1 unspecified atom stereocenters. The van der Waals surface area contributed by atoms with Crippen molar-refractivity contribution in [2.24, 2.45) is 5.92 Å². The summed E-state index contributed by atoms with van der Waals surface area (Å²) in [7, 11) is 0. The molecule has 1 saturated heterocycles. The number of rotatable bonds is 4. The predicted octanol–water partition coefficient (Wildman–Crippen LogP) is 1.94. The van der Waals surface area contributed by atoms with E-state index in [4.69, 9.17) is 0 Å². The number of hydrogen-bond donors (Lipinski definition) is 1. The normalized spacial score (nSPS) is 26.8. The van der Waals surface area contributed by atoms with E-state index in [1.165, 1.54) is 4.88 Å². The minimum absolute atomic E-state index is 0.00636. The second-order valence-corrected chi connectivity index (χ2v) is 7.06. The average molecular weight is 292 g/mol. The molecular weight excluding hydrogens is 272 g/mol. The van der Waals surface area contributed by atoms with Crippen LogP contribution in [-0.4, -0.2) is 28.8 Å². The van der Waals surface area contributed by atoms with Crippen molar-refractivity contribution < 1.29 is 9.59 Å². The van der Waals surface area contributed by atoms with E-state index >= 15 is 0 Å². The van der Waals surface area contributed by atoms with Crippen LogP contribution in [0.2, 0.25) is 0 Å². The average Bonchev–Trinajstić information content (AvgIpc) is 3.20. The molecule has 1 aliphatic carbocycles. The lowest BCUT2D eigenvalue weighted by Crippen LogP contribution is -2.66. The summed E-state index contributed by atoms with van der Waals surface area (Å²) >= 11 is 1.74. The number of carbonyl (C=O) groups is 2. The number of nitrogens with zero attached hydrogens (tertiary/aromatic N) is 1. The van der Waals surface area contributed by atoms with E-state index in [2.05, 4.69) is 24.4 Å². The molecule has 1 atom stereocenters. The maximum atomic E-state index is 12.3. The number of nitrogens with one attached hydrogen (secondary N) is 1. The Hall–Kier alpha value is -1.36. The molecule has 2 fully saturated rings. The molecule has 2 amide bonds. The number of piperazine rings is 1. The summed E-state index contributed by atoms with van der Waals surface area (Å²) in [6.07, 6.45) is 3.09. The van der Waals surface area contributed by atoms with Crippen LogP contribution in [0.15, 0.2) is 12.1 Å². The van der Waals surface area contributed by atoms with Crippen LogP contribution >= 0.6 is 11.3 Å². The summed E-state index contributed by atoms with van der Waals surface area (Å²) in [6, 6.07) is 4.19. The fourth-order valence-electron chi connectivity index (χ4n) is 2.97. The second-order valence-electron chi connectivity index (χ2n) is 5.81. The number of hydrogen-bond acceptors (Lipinski definition) is 3. The van der Waals surface area contributed by atoms with E-state index in [1.807, 2.05) is 6.92 Å². The van der Waals surface area contributed by atoms with E-state index in [1.54, 1.807) is 16.2 Å². The zero-order valence-electron chi connectivity index (χ0n) is 11.9. The van der Waals surface area contributed by atoms with E-state index in [-0.39, 0.29) is 18.4 Å². The third-order valence-corrected chi connectivity index (χ3v) is 5.69. The Morgan fingerprint density at radius 1 is 1.35 bits per heavy atom. The lowest BCUT2D eigenvalue weighted by molar-refractivity contribution is -0.155. The van der Waals surface area contributed by atoms with Crippen LogP contribution in [0.1, 0.15) is 36.4 Å². The van der Waals surface area contributed by atoms with Crippen LogP contribution < -0.4 is 5.32 Å². The Labute approximate surface area is 123 Å².